The minimum Gasteiger partial charge on any atom is -0.406 e. The van der Waals surface area contributed by atoms with Crippen LogP contribution in [0.1, 0.15) is 31.2 Å². The van der Waals surface area contributed by atoms with Crippen LogP contribution in [-0.2, 0) is 6.42 Å². The average molecular weight is 318 g/mol. The molecule has 6 heteroatoms. The largest absolute Gasteiger partial charge is 0.573 e. The number of alkyl halides is 3. The van der Waals surface area contributed by atoms with E-state index in [1.54, 1.807) is 6.07 Å². The second kappa shape index (κ2) is 5.39. The fourth-order valence-electron chi connectivity index (χ4n) is 3.39. The third-order valence-electron chi connectivity index (χ3n) is 4.08. The molecule has 2 heterocycles. The molecule has 2 bridgehead atoms. The molecular weight excluding hydrogens is 301 g/mol. The predicted octanol–water partition coefficient (Wildman–Crippen LogP) is 3.92. The normalized spacial score (nSPS) is 32.2. The van der Waals surface area contributed by atoms with E-state index in [9.17, 15) is 18.3 Å². The molecule has 1 aromatic carbocycles. The van der Waals surface area contributed by atoms with Gasteiger partial charge in [-0.15, -0.1) is 13.2 Å². The van der Waals surface area contributed by atoms with Crippen LogP contribution in [0.15, 0.2) is 24.3 Å². The highest BCUT2D eigenvalue weighted by molar-refractivity contribution is 8.00. The first-order valence-electron chi connectivity index (χ1n) is 7.04. The maximum Gasteiger partial charge on any atom is 0.573 e. The first-order chi connectivity index (χ1) is 9.81. The molecule has 0 spiro atoms. The number of hydrogen-bond acceptors (Lipinski definition) is 3. The lowest BCUT2D eigenvalue weighted by atomic mass is 9.87. The van der Waals surface area contributed by atoms with Gasteiger partial charge in [0, 0.05) is 16.9 Å². The number of hydrogen-bond donors (Lipinski definition) is 1. The Labute approximate surface area is 125 Å². The summed E-state index contributed by atoms with van der Waals surface area (Å²) in [6.07, 6.45) is -0.591. The van der Waals surface area contributed by atoms with Crippen LogP contribution in [0, 0.1) is 0 Å². The molecule has 0 aromatic heterocycles. The van der Waals surface area contributed by atoms with E-state index in [2.05, 4.69) is 4.74 Å². The van der Waals surface area contributed by atoms with Gasteiger partial charge in [0.1, 0.15) is 5.75 Å². The van der Waals surface area contributed by atoms with E-state index in [4.69, 9.17) is 0 Å². The van der Waals surface area contributed by atoms with Crippen LogP contribution in [0.5, 0.6) is 5.75 Å². The molecule has 2 aliphatic rings. The molecule has 1 N–H and O–H groups in total. The fraction of sp³-hybridized carbons (Fsp3) is 0.600. The molecule has 2 fully saturated rings. The fourth-order valence-corrected chi connectivity index (χ4v) is 5.29. The summed E-state index contributed by atoms with van der Waals surface area (Å²) in [6.45, 7) is 0. The van der Waals surface area contributed by atoms with E-state index in [1.807, 2.05) is 11.8 Å². The highest BCUT2D eigenvalue weighted by atomic mass is 32.2. The molecule has 0 aliphatic carbocycles. The second-order valence-corrected chi connectivity index (χ2v) is 7.57. The van der Waals surface area contributed by atoms with Gasteiger partial charge in [-0.3, -0.25) is 0 Å². The van der Waals surface area contributed by atoms with Crippen molar-refractivity contribution in [1.29, 1.82) is 0 Å². The SMILES string of the molecule is OC1(Cc2cccc(OC(F)(F)F)c2)CC2CCC(C1)S2. The van der Waals surface area contributed by atoms with E-state index < -0.39 is 12.0 Å². The lowest BCUT2D eigenvalue weighted by Gasteiger charge is -2.36. The van der Waals surface area contributed by atoms with E-state index in [0.29, 0.717) is 22.5 Å². The van der Waals surface area contributed by atoms with Gasteiger partial charge in [-0.1, -0.05) is 12.1 Å². The van der Waals surface area contributed by atoms with E-state index >= 15 is 0 Å². The molecule has 3 rings (SSSR count). The van der Waals surface area contributed by atoms with Crippen molar-refractivity contribution in [2.45, 2.75) is 54.6 Å². The molecule has 1 aromatic rings. The van der Waals surface area contributed by atoms with E-state index in [0.717, 1.165) is 25.7 Å². The van der Waals surface area contributed by atoms with Gasteiger partial charge >= 0.3 is 6.36 Å². The maximum atomic E-state index is 12.2. The quantitative estimate of drug-likeness (QED) is 0.916. The highest BCUT2D eigenvalue weighted by Gasteiger charge is 2.43. The smallest absolute Gasteiger partial charge is 0.406 e. The van der Waals surface area contributed by atoms with Crippen LogP contribution in [0.25, 0.3) is 0 Å². The summed E-state index contributed by atoms with van der Waals surface area (Å²) in [6, 6.07) is 5.92. The zero-order valence-electron chi connectivity index (χ0n) is 11.4. The molecule has 2 aliphatic heterocycles. The predicted molar refractivity (Wildman–Crippen MR) is 75.4 cm³/mol. The van der Waals surface area contributed by atoms with Crippen LogP contribution < -0.4 is 4.74 Å². The molecular formula is C15H17F3O2S. The van der Waals surface area contributed by atoms with Gasteiger partial charge in [0.2, 0.25) is 0 Å². The number of benzene rings is 1. The zero-order chi connectivity index (χ0) is 15.1. The number of ether oxygens (including phenoxy) is 1. The molecule has 116 valence electrons. The Morgan fingerprint density at radius 3 is 2.52 bits per heavy atom. The molecule has 0 radical (unpaired) electrons. The lowest BCUT2D eigenvalue weighted by molar-refractivity contribution is -0.274. The minimum absolute atomic E-state index is 0.225. The van der Waals surface area contributed by atoms with Gasteiger partial charge in [0.25, 0.3) is 0 Å². The molecule has 2 saturated heterocycles. The van der Waals surface area contributed by atoms with Gasteiger partial charge in [-0.2, -0.15) is 11.8 Å². The molecule has 0 saturated carbocycles. The van der Waals surface area contributed by atoms with Crippen LogP contribution in [0.2, 0.25) is 0 Å². The summed E-state index contributed by atoms with van der Waals surface area (Å²) in [7, 11) is 0. The number of halogens is 3. The van der Waals surface area contributed by atoms with Crippen molar-refractivity contribution in [3.8, 4) is 5.75 Å². The summed E-state index contributed by atoms with van der Waals surface area (Å²) < 4.78 is 40.7. The monoisotopic (exact) mass is 318 g/mol. The lowest BCUT2D eigenvalue weighted by Crippen LogP contribution is -2.39. The Balaban J connectivity index is 1.71. The van der Waals surface area contributed by atoms with Gasteiger partial charge in [-0.25, -0.2) is 0 Å². The van der Waals surface area contributed by atoms with Crippen LogP contribution in [0.3, 0.4) is 0 Å². The van der Waals surface area contributed by atoms with Gasteiger partial charge in [0.15, 0.2) is 0 Å². The van der Waals surface area contributed by atoms with Crippen molar-refractivity contribution in [2.75, 3.05) is 0 Å². The molecule has 2 unspecified atom stereocenters. The first kappa shape index (κ1) is 15.0. The second-order valence-electron chi connectivity index (χ2n) is 5.96. The Bertz CT molecular complexity index is 506. The summed E-state index contributed by atoms with van der Waals surface area (Å²) in [4.78, 5) is 0. The van der Waals surface area contributed by atoms with Crippen molar-refractivity contribution in [1.82, 2.24) is 0 Å². The summed E-state index contributed by atoms with van der Waals surface area (Å²) in [5.41, 5.74) is -0.112. The third kappa shape index (κ3) is 3.86. The van der Waals surface area contributed by atoms with Crippen molar-refractivity contribution < 1.29 is 23.0 Å². The van der Waals surface area contributed by atoms with Crippen molar-refractivity contribution in [3.63, 3.8) is 0 Å². The van der Waals surface area contributed by atoms with Crippen molar-refractivity contribution in [2.24, 2.45) is 0 Å². The van der Waals surface area contributed by atoms with E-state index in [-0.39, 0.29) is 5.75 Å². The Hall–Kier alpha value is -0.880. The topological polar surface area (TPSA) is 29.5 Å². The summed E-state index contributed by atoms with van der Waals surface area (Å²) in [5.74, 6) is -0.225. The van der Waals surface area contributed by atoms with Crippen LogP contribution >= 0.6 is 11.8 Å². The number of fused-ring (bicyclic) bond motifs is 2. The highest BCUT2D eigenvalue weighted by Crippen LogP contribution is 2.48. The Kier molecular flexibility index (Phi) is 3.86. The van der Waals surface area contributed by atoms with Crippen molar-refractivity contribution >= 4 is 11.8 Å². The standard InChI is InChI=1S/C15H17F3O2S/c16-15(17,18)20-11-3-1-2-10(6-11)7-14(19)8-12-4-5-13(9-14)21-12/h1-3,6,12-13,19H,4-5,7-9H2. The van der Waals surface area contributed by atoms with Crippen LogP contribution in [-0.4, -0.2) is 27.6 Å². The molecule has 21 heavy (non-hydrogen) atoms. The third-order valence-corrected chi connectivity index (χ3v) is 5.65. The zero-order valence-corrected chi connectivity index (χ0v) is 12.2. The minimum atomic E-state index is -4.68. The van der Waals surface area contributed by atoms with E-state index in [1.165, 1.54) is 18.2 Å². The van der Waals surface area contributed by atoms with Gasteiger partial charge in [-0.05, 0) is 43.4 Å². The first-order valence-corrected chi connectivity index (χ1v) is 7.98. The maximum absolute atomic E-state index is 12.2. The van der Waals surface area contributed by atoms with Crippen molar-refractivity contribution in [3.05, 3.63) is 29.8 Å². The summed E-state index contributed by atoms with van der Waals surface area (Å²) >= 11 is 1.94. The molecule has 0 amide bonds. The van der Waals surface area contributed by atoms with Crippen LogP contribution in [0.4, 0.5) is 13.2 Å². The molecule has 2 nitrogen and oxygen atoms in total. The van der Waals surface area contributed by atoms with Gasteiger partial charge < -0.3 is 9.84 Å². The number of rotatable bonds is 3. The number of thioether (sulfide) groups is 1. The number of aliphatic hydroxyl groups is 1. The molecule has 2 atom stereocenters. The Morgan fingerprint density at radius 1 is 1.24 bits per heavy atom. The summed E-state index contributed by atoms with van der Waals surface area (Å²) in [5, 5.41) is 11.7. The average Bonchev–Trinajstić information content (AvgIpc) is 2.67. The van der Waals surface area contributed by atoms with Gasteiger partial charge in [0.05, 0.1) is 5.60 Å². The Morgan fingerprint density at radius 2 is 1.90 bits per heavy atom.